The molecular formula is C16H11BrF9IO2. The second-order valence-corrected chi connectivity index (χ2v) is 7.91. The van der Waals surface area contributed by atoms with Gasteiger partial charge in [0.1, 0.15) is 0 Å². The number of alkyl halides is 9. The summed E-state index contributed by atoms with van der Waals surface area (Å²) in [6, 6.07) is 5.97. The summed E-state index contributed by atoms with van der Waals surface area (Å²) in [6.45, 7) is -0.323. The van der Waals surface area contributed by atoms with E-state index in [2.05, 4.69) is 15.9 Å². The van der Waals surface area contributed by atoms with Crippen molar-refractivity contribution in [1.29, 1.82) is 0 Å². The molecule has 29 heavy (non-hydrogen) atoms. The van der Waals surface area contributed by atoms with Crippen molar-refractivity contribution in [2.75, 3.05) is 6.61 Å². The third-order valence-electron chi connectivity index (χ3n) is 3.38. The molecule has 0 atom stereocenters. The quantitative estimate of drug-likeness (QED) is 0.135. The molecule has 0 fully saturated rings. The lowest BCUT2D eigenvalue weighted by molar-refractivity contribution is -0.388. The van der Waals surface area contributed by atoms with Crippen LogP contribution in [0.1, 0.15) is 23.2 Å². The first-order valence-electron chi connectivity index (χ1n) is 7.53. The third-order valence-corrected chi connectivity index (χ3v) is 4.76. The van der Waals surface area contributed by atoms with Gasteiger partial charge in [-0.25, -0.2) is 4.79 Å². The van der Waals surface area contributed by atoms with Crippen molar-refractivity contribution in [3.63, 3.8) is 0 Å². The lowest BCUT2D eigenvalue weighted by Gasteiger charge is -2.32. The second-order valence-electron chi connectivity index (χ2n) is 5.61. The third kappa shape index (κ3) is 6.25. The van der Waals surface area contributed by atoms with Gasteiger partial charge in [0.25, 0.3) is 0 Å². The Labute approximate surface area is 180 Å². The molecule has 2 nitrogen and oxygen atoms in total. The highest BCUT2D eigenvalue weighted by Gasteiger charge is 2.81. The van der Waals surface area contributed by atoms with Gasteiger partial charge in [0.05, 0.1) is 12.2 Å². The normalized spacial score (nSPS) is 14.1. The van der Waals surface area contributed by atoms with Crippen molar-refractivity contribution < 1.29 is 49.0 Å². The fraction of sp³-hybridized carbons (Fsp3) is 0.438. The highest BCUT2D eigenvalue weighted by molar-refractivity contribution is 14.1. The van der Waals surface area contributed by atoms with Crippen molar-refractivity contribution >= 4 is 44.5 Å². The van der Waals surface area contributed by atoms with Crippen molar-refractivity contribution in [1.82, 2.24) is 0 Å². The molecule has 0 spiro atoms. The molecule has 0 saturated heterocycles. The van der Waals surface area contributed by atoms with Crippen LogP contribution >= 0.6 is 38.5 Å². The summed E-state index contributed by atoms with van der Waals surface area (Å²) in [5, 5.41) is 0. The van der Waals surface area contributed by atoms with E-state index in [0.717, 1.165) is 22.6 Å². The van der Waals surface area contributed by atoms with E-state index in [1.807, 2.05) is 0 Å². The van der Waals surface area contributed by atoms with Crippen molar-refractivity contribution in [3.05, 3.63) is 44.0 Å². The summed E-state index contributed by atoms with van der Waals surface area (Å²) in [7, 11) is 0. The van der Waals surface area contributed by atoms with Crippen LogP contribution in [-0.2, 0) is 4.74 Å². The van der Waals surface area contributed by atoms with Crippen LogP contribution in [0.15, 0.2) is 38.4 Å². The maximum absolute atomic E-state index is 13.5. The standard InChI is InChI=1S/C16H11BrF9IO2/c17-10-5-3-9(4-6-10)12(28)29-7-1-2-11(27)8-13(18,19)14(20,21)15(22,23)16(24,25)26/h3-6,8H,1-2,7H2. The Balaban J connectivity index is 2.69. The van der Waals surface area contributed by atoms with Crippen LogP contribution in [-0.4, -0.2) is 36.5 Å². The number of carbonyl (C=O) groups excluding carboxylic acids is 1. The maximum Gasteiger partial charge on any atom is 0.460 e. The van der Waals surface area contributed by atoms with Gasteiger partial charge in [-0.05, 0) is 63.3 Å². The number of esters is 1. The van der Waals surface area contributed by atoms with Crippen molar-refractivity contribution in [3.8, 4) is 0 Å². The molecule has 1 aromatic carbocycles. The van der Waals surface area contributed by atoms with Crippen LogP contribution in [0, 0.1) is 0 Å². The molecule has 0 aliphatic carbocycles. The number of rotatable bonds is 8. The van der Waals surface area contributed by atoms with E-state index in [-0.39, 0.29) is 18.6 Å². The Morgan fingerprint density at radius 3 is 1.97 bits per heavy atom. The van der Waals surface area contributed by atoms with E-state index in [0.29, 0.717) is 4.47 Å². The zero-order valence-electron chi connectivity index (χ0n) is 14.0. The minimum absolute atomic E-state index is 0.158. The van der Waals surface area contributed by atoms with Crippen molar-refractivity contribution in [2.24, 2.45) is 0 Å². The molecule has 0 amide bonds. The molecule has 0 aliphatic rings. The molecule has 0 N–H and O–H groups in total. The zero-order chi connectivity index (χ0) is 22.7. The fourth-order valence-corrected chi connectivity index (χ4v) is 2.86. The largest absolute Gasteiger partial charge is 0.462 e. The van der Waals surface area contributed by atoms with Crippen LogP contribution in [0.4, 0.5) is 39.5 Å². The first-order valence-corrected chi connectivity index (χ1v) is 9.40. The minimum atomic E-state index is -6.93. The predicted octanol–water partition coefficient (Wildman–Crippen LogP) is 7.17. The SMILES string of the molecule is O=C(OCCCC(I)=CC(F)(F)C(F)(F)C(F)(F)C(F)(F)F)c1ccc(Br)cc1. The number of halogens is 11. The Morgan fingerprint density at radius 2 is 1.48 bits per heavy atom. The van der Waals surface area contributed by atoms with E-state index in [4.69, 9.17) is 4.74 Å². The Hall–Kier alpha value is -0.990. The molecule has 0 heterocycles. The molecule has 0 radical (unpaired) electrons. The number of ether oxygens (including phenoxy) is 1. The smallest absolute Gasteiger partial charge is 0.460 e. The number of benzene rings is 1. The number of allylic oxidation sites excluding steroid dienone is 2. The van der Waals surface area contributed by atoms with Crippen molar-refractivity contribution in [2.45, 2.75) is 36.8 Å². The molecule has 1 rings (SSSR count). The average molecular weight is 613 g/mol. The maximum atomic E-state index is 13.5. The lowest BCUT2D eigenvalue weighted by Crippen LogP contribution is -2.60. The number of hydrogen-bond donors (Lipinski definition) is 0. The highest BCUT2D eigenvalue weighted by atomic mass is 127. The van der Waals surface area contributed by atoms with Gasteiger partial charge in [-0.1, -0.05) is 15.9 Å². The topological polar surface area (TPSA) is 26.3 Å². The summed E-state index contributed by atoms with van der Waals surface area (Å²) >= 11 is 4.26. The molecular weight excluding hydrogens is 602 g/mol. The van der Waals surface area contributed by atoms with Gasteiger partial charge >= 0.3 is 29.9 Å². The van der Waals surface area contributed by atoms with Crippen LogP contribution < -0.4 is 0 Å². The van der Waals surface area contributed by atoms with Crippen LogP contribution in [0.2, 0.25) is 0 Å². The molecule has 0 saturated carbocycles. The summed E-state index contributed by atoms with van der Waals surface area (Å²) < 4.78 is 120. The molecule has 0 aromatic heterocycles. The first kappa shape index (κ1) is 26.0. The minimum Gasteiger partial charge on any atom is -0.462 e. The van der Waals surface area contributed by atoms with Gasteiger partial charge in [-0.3, -0.25) is 0 Å². The van der Waals surface area contributed by atoms with E-state index < -0.39 is 46.0 Å². The first-order chi connectivity index (χ1) is 13.0. The zero-order valence-corrected chi connectivity index (χ0v) is 17.7. The van der Waals surface area contributed by atoms with Crippen LogP contribution in [0.25, 0.3) is 0 Å². The van der Waals surface area contributed by atoms with E-state index in [9.17, 15) is 44.3 Å². The molecule has 0 bridgehead atoms. The van der Waals surface area contributed by atoms with Gasteiger partial charge in [0, 0.05) is 10.5 Å². The lowest BCUT2D eigenvalue weighted by atomic mass is 10.0. The number of carbonyl (C=O) groups is 1. The van der Waals surface area contributed by atoms with Crippen LogP contribution in [0.3, 0.4) is 0 Å². The molecule has 164 valence electrons. The van der Waals surface area contributed by atoms with Gasteiger partial charge in [0.15, 0.2) is 0 Å². The van der Waals surface area contributed by atoms with E-state index in [1.165, 1.54) is 12.1 Å². The highest BCUT2D eigenvalue weighted by Crippen LogP contribution is 2.53. The van der Waals surface area contributed by atoms with Gasteiger partial charge in [-0.15, -0.1) is 0 Å². The summed E-state index contributed by atoms with van der Waals surface area (Å²) in [5.41, 5.74) is 0.180. The monoisotopic (exact) mass is 612 g/mol. The summed E-state index contributed by atoms with van der Waals surface area (Å²) in [6.07, 6.45) is -8.09. The molecule has 13 heteroatoms. The van der Waals surface area contributed by atoms with Crippen LogP contribution in [0.5, 0.6) is 0 Å². The average Bonchev–Trinajstić information content (AvgIpc) is 2.57. The second kappa shape index (κ2) is 9.43. The van der Waals surface area contributed by atoms with E-state index >= 15 is 0 Å². The van der Waals surface area contributed by atoms with Gasteiger partial charge < -0.3 is 4.74 Å². The van der Waals surface area contributed by atoms with E-state index in [1.54, 1.807) is 12.1 Å². The summed E-state index contributed by atoms with van der Waals surface area (Å²) in [4.78, 5) is 11.7. The molecule has 0 unspecified atom stereocenters. The predicted molar refractivity (Wildman–Crippen MR) is 96.7 cm³/mol. The molecule has 1 aromatic rings. The fourth-order valence-electron chi connectivity index (χ4n) is 1.82. The summed E-state index contributed by atoms with van der Waals surface area (Å²) in [5.74, 6) is -20.1. The Morgan fingerprint density at radius 1 is 0.966 bits per heavy atom. The number of hydrogen-bond acceptors (Lipinski definition) is 2. The van der Waals surface area contributed by atoms with Gasteiger partial charge in [0.2, 0.25) is 0 Å². The Bertz CT molecular complexity index is 746. The van der Waals surface area contributed by atoms with Gasteiger partial charge in [-0.2, -0.15) is 39.5 Å². The molecule has 0 aliphatic heterocycles. The Kier molecular flexibility index (Phi) is 8.47.